The van der Waals surface area contributed by atoms with E-state index < -0.39 is 9.84 Å². The quantitative estimate of drug-likeness (QED) is 0.628. The summed E-state index contributed by atoms with van der Waals surface area (Å²) in [7, 11) is -3.56. The predicted octanol–water partition coefficient (Wildman–Crippen LogP) is 3.25. The lowest BCUT2D eigenvalue weighted by Gasteiger charge is -2.35. The number of morpholine rings is 1. The third-order valence-electron chi connectivity index (χ3n) is 5.36. The van der Waals surface area contributed by atoms with Crippen molar-refractivity contribution < 1.29 is 17.9 Å². The SMILES string of the molecule is C[C@@H]1CN(C(=O)Cn2cc(S(=O)(=O)Cc3ccccc3)c3ccccc32)C[C@@H](C)O1. The molecule has 4 rings (SSSR count). The van der Waals surface area contributed by atoms with E-state index in [2.05, 4.69) is 0 Å². The van der Waals surface area contributed by atoms with Gasteiger partial charge in [-0.15, -0.1) is 0 Å². The number of carbonyl (C=O) groups is 1. The van der Waals surface area contributed by atoms with Crippen LogP contribution in [-0.2, 0) is 31.7 Å². The molecule has 1 aromatic heterocycles. The molecule has 0 unspecified atom stereocenters. The Balaban J connectivity index is 1.65. The summed E-state index contributed by atoms with van der Waals surface area (Å²) in [6, 6.07) is 16.5. The molecule has 2 aromatic carbocycles. The van der Waals surface area contributed by atoms with Crippen LogP contribution in [0, 0.1) is 0 Å². The molecule has 0 radical (unpaired) electrons. The van der Waals surface area contributed by atoms with Gasteiger partial charge >= 0.3 is 0 Å². The number of para-hydroxylation sites is 1. The van der Waals surface area contributed by atoms with Gasteiger partial charge in [-0.05, 0) is 25.5 Å². The van der Waals surface area contributed by atoms with Crippen LogP contribution in [0.5, 0.6) is 0 Å². The highest BCUT2D eigenvalue weighted by Gasteiger charge is 2.27. The number of ether oxygens (including phenoxy) is 1. The molecule has 0 saturated carbocycles. The van der Waals surface area contributed by atoms with E-state index in [0.29, 0.717) is 18.5 Å². The largest absolute Gasteiger partial charge is 0.372 e. The summed E-state index contributed by atoms with van der Waals surface area (Å²) in [6.07, 6.45) is 1.58. The van der Waals surface area contributed by atoms with Gasteiger partial charge in [-0.25, -0.2) is 8.42 Å². The van der Waals surface area contributed by atoms with Crippen molar-refractivity contribution in [3.05, 3.63) is 66.4 Å². The number of hydrogen-bond donors (Lipinski definition) is 0. The van der Waals surface area contributed by atoms with Crippen LogP contribution in [0.15, 0.2) is 65.7 Å². The molecule has 0 bridgehead atoms. The first-order valence-electron chi connectivity index (χ1n) is 10.1. The monoisotopic (exact) mass is 426 g/mol. The number of aromatic nitrogens is 1. The Morgan fingerprint density at radius 3 is 2.33 bits per heavy atom. The Hall–Kier alpha value is -2.64. The number of fused-ring (bicyclic) bond motifs is 1. The average molecular weight is 427 g/mol. The lowest BCUT2D eigenvalue weighted by Crippen LogP contribution is -2.49. The van der Waals surface area contributed by atoms with Gasteiger partial charge in [0.2, 0.25) is 5.91 Å². The Morgan fingerprint density at radius 1 is 1.00 bits per heavy atom. The number of carbonyl (C=O) groups excluding carboxylic acids is 1. The van der Waals surface area contributed by atoms with Gasteiger partial charge in [-0.2, -0.15) is 0 Å². The van der Waals surface area contributed by atoms with Crippen LogP contribution in [0.4, 0.5) is 0 Å². The molecule has 7 heteroatoms. The van der Waals surface area contributed by atoms with Crippen molar-refractivity contribution >= 4 is 26.6 Å². The van der Waals surface area contributed by atoms with Crippen molar-refractivity contribution in [2.24, 2.45) is 0 Å². The second-order valence-electron chi connectivity index (χ2n) is 7.94. The smallest absolute Gasteiger partial charge is 0.242 e. The van der Waals surface area contributed by atoms with Crippen LogP contribution in [0.1, 0.15) is 19.4 Å². The van der Waals surface area contributed by atoms with Gasteiger partial charge in [-0.3, -0.25) is 4.79 Å². The fourth-order valence-corrected chi connectivity index (χ4v) is 5.67. The molecular formula is C23H26N2O4S. The zero-order chi connectivity index (χ0) is 21.3. The van der Waals surface area contributed by atoms with Crippen molar-refractivity contribution in [3.8, 4) is 0 Å². The summed E-state index contributed by atoms with van der Waals surface area (Å²) in [5, 5.41) is 0.643. The molecule has 1 aliphatic heterocycles. The summed E-state index contributed by atoms with van der Waals surface area (Å²) in [5.41, 5.74) is 1.48. The lowest BCUT2D eigenvalue weighted by molar-refractivity contribution is -0.143. The third-order valence-corrected chi connectivity index (χ3v) is 7.07. The van der Waals surface area contributed by atoms with Crippen LogP contribution >= 0.6 is 0 Å². The molecule has 1 aliphatic rings. The fraction of sp³-hybridized carbons (Fsp3) is 0.348. The normalized spacial score (nSPS) is 19.9. The summed E-state index contributed by atoms with van der Waals surface area (Å²) >= 11 is 0. The molecule has 1 saturated heterocycles. The second-order valence-corrected chi connectivity index (χ2v) is 9.90. The van der Waals surface area contributed by atoms with E-state index in [1.54, 1.807) is 33.9 Å². The Labute approximate surface area is 177 Å². The van der Waals surface area contributed by atoms with Gasteiger partial charge in [-0.1, -0.05) is 48.5 Å². The fourth-order valence-electron chi connectivity index (χ4n) is 4.09. The molecule has 30 heavy (non-hydrogen) atoms. The highest BCUT2D eigenvalue weighted by Crippen LogP contribution is 2.28. The summed E-state index contributed by atoms with van der Waals surface area (Å²) in [4.78, 5) is 15.0. The van der Waals surface area contributed by atoms with E-state index in [1.165, 1.54) is 0 Å². The zero-order valence-corrected chi connectivity index (χ0v) is 18.0. The van der Waals surface area contributed by atoms with Gasteiger partial charge in [0, 0.05) is 30.2 Å². The Morgan fingerprint density at radius 2 is 1.63 bits per heavy atom. The number of amides is 1. The van der Waals surface area contributed by atoms with Gasteiger partial charge in [0.25, 0.3) is 0 Å². The topological polar surface area (TPSA) is 68.6 Å². The van der Waals surface area contributed by atoms with Gasteiger partial charge in [0.1, 0.15) is 6.54 Å². The standard InChI is InChI=1S/C23H26N2O4S/c1-17-12-25(13-18(2)29-17)23(26)15-24-14-22(20-10-6-7-11-21(20)24)30(27,28)16-19-8-4-3-5-9-19/h3-11,14,17-18H,12-13,15-16H2,1-2H3/t17-,18-/m1/s1. The molecule has 6 nitrogen and oxygen atoms in total. The van der Waals surface area contributed by atoms with E-state index in [-0.39, 0.29) is 35.3 Å². The van der Waals surface area contributed by atoms with E-state index in [4.69, 9.17) is 4.74 Å². The Kier molecular flexibility index (Phi) is 5.66. The molecular weight excluding hydrogens is 400 g/mol. The molecule has 0 aliphatic carbocycles. The van der Waals surface area contributed by atoms with Crippen molar-refractivity contribution in [2.75, 3.05) is 13.1 Å². The van der Waals surface area contributed by atoms with Crippen LogP contribution in [0.2, 0.25) is 0 Å². The highest BCUT2D eigenvalue weighted by atomic mass is 32.2. The Bertz CT molecular complexity index is 1140. The number of rotatable bonds is 5. The number of benzene rings is 2. The summed E-state index contributed by atoms with van der Waals surface area (Å²) in [6.45, 7) is 5.09. The van der Waals surface area contributed by atoms with E-state index in [1.807, 2.05) is 50.2 Å². The molecule has 3 aromatic rings. The van der Waals surface area contributed by atoms with E-state index >= 15 is 0 Å². The molecule has 0 N–H and O–H groups in total. The first kappa shape index (κ1) is 20.6. The average Bonchev–Trinajstić information content (AvgIpc) is 3.07. The highest BCUT2D eigenvalue weighted by molar-refractivity contribution is 7.90. The predicted molar refractivity (Wildman–Crippen MR) is 116 cm³/mol. The van der Waals surface area contributed by atoms with Gasteiger partial charge in [0.15, 0.2) is 9.84 Å². The van der Waals surface area contributed by atoms with E-state index in [0.717, 1.165) is 11.1 Å². The zero-order valence-electron chi connectivity index (χ0n) is 17.2. The van der Waals surface area contributed by atoms with Gasteiger partial charge < -0.3 is 14.2 Å². The minimum Gasteiger partial charge on any atom is -0.372 e. The lowest BCUT2D eigenvalue weighted by atomic mass is 10.2. The molecule has 1 amide bonds. The molecule has 2 heterocycles. The molecule has 0 spiro atoms. The molecule has 158 valence electrons. The maximum Gasteiger partial charge on any atom is 0.242 e. The van der Waals surface area contributed by atoms with E-state index in [9.17, 15) is 13.2 Å². The maximum atomic E-state index is 13.2. The van der Waals surface area contributed by atoms with Crippen LogP contribution in [0.3, 0.4) is 0 Å². The molecule has 2 atom stereocenters. The first-order valence-corrected chi connectivity index (χ1v) is 11.8. The third kappa shape index (κ3) is 4.27. The minimum atomic E-state index is -3.56. The number of nitrogens with zero attached hydrogens (tertiary/aromatic N) is 2. The van der Waals surface area contributed by atoms with Crippen molar-refractivity contribution in [1.82, 2.24) is 9.47 Å². The molecule has 1 fully saturated rings. The van der Waals surface area contributed by atoms with Crippen molar-refractivity contribution in [3.63, 3.8) is 0 Å². The summed E-state index contributed by atoms with van der Waals surface area (Å²) in [5.74, 6) is -0.112. The van der Waals surface area contributed by atoms with Crippen LogP contribution < -0.4 is 0 Å². The van der Waals surface area contributed by atoms with Crippen molar-refractivity contribution in [2.45, 2.75) is 43.2 Å². The van der Waals surface area contributed by atoms with Crippen LogP contribution in [0.25, 0.3) is 10.9 Å². The number of sulfone groups is 1. The number of hydrogen-bond acceptors (Lipinski definition) is 4. The maximum absolute atomic E-state index is 13.2. The minimum absolute atomic E-state index is 0.0130. The summed E-state index contributed by atoms with van der Waals surface area (Å²) < 4.78 is 33.8. The van der Waals surface area contributed by atoms with Gasteiger partial charge in [0.05, 0.1) is 22.9 Å². The second kappa shape index (κ2) is 8.24. The first-order chi connectivity index (χ1) is 14.3. The van der Waals surface area contributed by atoms with Crippen LogP contribution in [-0.4, -0.2) is 49.1 Å². The van der Waals surface area contributed by atoms with Crippen molar-refractivity contribution in [1.29, 1.82) is 0 Å².